The van der Waals surface area contributed by atoms with E-state index in [1.165, 1.54) is 0 Å². The van der Waals surface area contributed by atoms with Crippen LogP contribution in [0.3, 0.4) is 0 Å². The Morgan fingerprint density at radius 3 is 2.68 bits per heavy atom. The fraction of sp³-hybridized carbons (Fsp3) is 0.375. The van der Waals surface area contributed by atoms with E-state index in [1.54, 1.807) is 12.4 Å². The lowest BCUT2D eigenvalue weighted by Gasteiger charge is -2.36. The van der Waals surface area contributed by atoms with Gasteiger partial charge in [-0.05, 0) is 24.6 Å². The van der Waals surface area contributed by atoms with Crippen molar-refractivity contribution in [2.75, 3.05) is 23.3 Å². The van der Waals surface area contributed by atoms with Crippen LogP contribution in [0, 0.1) is 5.92 Å². The number of hydrazine groups is 1. The lowest BCUT2D eigenvalue weighted by molar-refractivity contribution is 0.361. The van der Waals surface area contributed by atoms with Gasteiger partial charge < -0.3 is 10.2 Å². The summed E-state index contributed by atoms with van der Waals surface area (Å²) in [4.78, 5) is 11.0. The maximum atomic E-state index is 4.38. The van der Waals surface area contributed by atoms with Crippen LogP contribution in [-0.2, 0) is 0 Å². The van der Waals surface area contributed by atoms with Crippen molar-refractivity contribution in [1.29, 1.82) is 0 Å². The van der Waals surface area contributed by atoms with Gasteiger partial charge in [0.1, 0.15) is 0 Å². The van der Waals surface area contributed by atoms with Crippen molar-refractivity contribution in [3.8, 4) is 0 Å². The molecule has 2 aromatic rings. The molecule has 0 radical (unpaired) electrons. The molecule has 2 aliphatic rings. The Balaban J connectivity index is 1.48. The van der Waals surface area contributed by atoms with Gasteiger partial charge in [-0.2, -0.15) is 0 Å². The van der Waals surface area contributed by atoms with Crippen molar-refractivity contribution in [2.24, 2.45) is 5.92 Å². The minimum Gasteiger partial charge on any atom is -0.368 e. The van der Waals surface area contributed by atoms with Crippen molar-refractivity contribution >= 4 is 11.6 Å². The lowest BCUT2D eigenvalue weighted by atomic mass is 9.92. The van der Waals surface area contributed by atoms with E-state index in [0.717, 1.165) is 31.1 Å². The van der Waals surface area contributed by atoms with E-state index < -0.39 is 0 Å². The largest absolute Gasteiger partial charge is 0.368 e. The third-order valence-electron chi connectivity index (χ3n) is 4.44. The Hall–Kier alpha value is -2.18. The van der Waals surface area contributed by atoms with Crippen LogP contribution in [0.25, 0.3) is 0 Å². The summed E-state index contributed by atoms with van der Waals surface area (Å²) in [5, 5.41) is 3.57. The van der Waals surface area contributed by atoms with Gasteiger partial charge in [0.15, 0.2) is 0 Å². The first-order chi connectivity index (χ1) is 10.9. The molecule has 4 rings (SSSR count). The third-order valence-corrected chi connectivity index (χ3v) is 4.44. The van der Waals surface area contributed by atoms with Crippen LogP contribution < -0.4 is 21.1 Å². The Labute approximate surface area is 129 Å². The number of anilines is 2. The Morgan fingerprint density at radius 1 is 1.05 bits per heavy atom. The topological polar surface area (TPSA) is 65.1 Å². The van der Waals surface area contributed by atoms with Gasteiger partial charge in [-0.15, -0.1) is 0 Å². The van der Waals surface area contributed by atoms with E-state index >= 15 is 0 Å². The molecule has 22 heavy (non-hydrogen) atoms. The molecular weight excluding hydrogens is 276 g/mol. The number of aromatic nitrogens is 2. The number of piperidine rings is 1. The van der Waals surface area contributed by atoms with Crippen molar-refractivity contribution in [1.82, 2.24) is 20.8 Å². The second kappa shape index (κ2) is 5.90. The number of rotatable bonds is 3. The molecule has 3 atom stereocenters. The first-order valence-corrected chi connectivity index (χ1v) is 7.75. The fourth-order valence-corrected chi connectivity index (χ4v) is 3.30. The summed E-state index contributed by atoms with van der Waals surface area (Å²) in [6.07, 6.45) is 4.90. The maximum absolute atomic E-state index is 4.38. The van der Waals surface area contributed by atoms with E-state index in [1.807, 2.05) is 24.3 Å². The summed E-state index contributed by atoms with van der Waals surface area (Å²) < 4.78 is 0. The van der Waals surface area contributed by atoms with Gasteiger partial charge in [0.25, 0.3) is 0 Å². The monoisotopic (exact) mass is 296 g/mol. The zero-order valence-electron chi connectivity index (χ0n) is 12.3. The zero-order chi connectivity index (χ0) is 14.8. The van der Waals surface area contributed by atoms with Gasteiger partial charge in [-0.1, -0.05) is 18.2 Å². The molecule has 2 aliphatic heterocycles. The zero-order valence-corrected chi connectivity index (χ0v) is 12.3. The molecule has 0 saturated carbocycles. The van der Waals surface area contributed by atoms with Crippen molar-refractivity contribution in [3.05, 3.63) is 48.8 Å². The molecule has 6 nitrogen and oxygen atoms in total. The van der Waals surface area contributed by atoms with Crippen molar-refractivity contribution < 1.29 is 0 Å². The molecule has 1 aromatic carbocycles. The van der Waals surface area contributed by atoms with Gasteiger partial charge in [0.05, 0.1) is 6.17 Å². The van der Waals surface area contributed by atoms with E-state index in [4.69, 9.17) is 0 Å². The second-order valence-corrected chi connectivity index (χ2v) is 5.83. The normalized spacial score (nSPS) is 27.5. The van der Waals surface area contributed by atoms with Gasteiger partial charge in [-0.3, -0.25) is 5.43 Å². The van der Waals surface area contributed by atoms with Crippen LogP contribution in [0.1, 0.15) is 6.42 Å². The smallest absolute Gasteiger partial charge is 0.225 e. The van der Waals surface area contributed by atoms with E-state index in [0.29, 0.717) is 12.0 Å². The molecule has 0 spiro atoms. The molecule has 1 aromatic heterocycles. The van der Waals surface area contributed by atoms with Crippen LogP contribution in [0.5, 0.6) is 0 Å². The molecule has 2 fully saturated rings. The summed E-state index contributed by atoms with van der Waals surface area (Å²) in [5.41, 5.74) is 7.95. The van der Waals surface area contributed by atoms with Crippen LogP contribution in [-0.4, -0.2) is 35.3 Å². The molecule has 2 saturated heterocycles. The predicted molar refractivity (Wildman–Crippen MR) is 86.3 cm³/mol. The van der Waals surface area contributed by atoms with Crippen LogP contribution >= 0.6 is 0 Å². The molecule has 0 bridgehead atoms. The summed E-state index contributed by atoms with van der Waals surface area (Å²) >= 11 is 0. The minimum atomic E-state index is 0.207. The van der Waals surface area contributed by atoms with Gasteiger partial charge in [0.2, 0.25) is 5.95 Å². The maximum Gasteiger partial charge on any atom is 0.225 e. The molecule has 3 unspecified atom stereocenters. The molecule has 114 valence electrons. The number of nitrogens with zero attached hydrogens (tertiary/aromatic N) is 3. The van der Waals surface area contributed by atoms with Crippen LogP contribution in [0.4, 0.5) is 11.6 Å². The molecule has 0 amide bonds. The Kier molecular flexibility index (Phi) is 3.62. The second-order valence-electron chi connectivity index (χ2n) is 5.83. The summed E-state index contributed by atoms with van der Waals surface area (Å²) in [5.74, 6) is 1.30. The van der Waals surface area contributed by atoms with Gasteiger partial charge >= 0.3 is 0 Å². The van der Waals surface area contributed by atoms with Crippen LogP contribution in [0.2, 0.25) is 0 Å². The number of nitrogens with one attached hydrogen (secondary N) is 3. The SMILES string of the molecule is c1ccc(NC2NNC3CCN(c4ncccn4)CC32)cc1. The minimum absolute atomic E-state index is 0.207. The quantitative estimate of drug-likeness (QED) is 0.791. The highest BCUT2D eigenvalue weighted by Gasteiger charge is 2.40. The average Bonchev–Trinajstić information content (AvgIpc) is 2.99. The molecule has 3 N–H and O–H groups in total. The summed E-state index contributed by atoms with van der Waals surface area (Å²) in [6.45, 7) is 1.93. The van der Waals surface area contributed by atoms with E-state index in [-0.39, 0.29) is 6.17 Å². The highest BCUT2D eigenvalue weighted by atomic mass is 15.5. The van der Waals surface area contributed by atoms with E-state index in [9.17, 15) is 0 Å². The number of fused-ring (bicyclic) bond motifs is 1. The molecular formula is C16H20N6. The highest BCUT2D eigenvalue weighted by molar-refractivity contribution is 5.44. The first kappa shape index (κ1) is 13.5. The average molecular weight is 296 g/mol. The van der Waals surface area contributed by atoms with Crippen molar-refractivity contribution in [2.45, 2.75) is 18.6 Å². The molecule has 6 heteroatoms. The molecule has 3 heterocycles. The number of hydrogen-bond donors (Lipinski definition) is 3. The molecule has 0 aliphatic carbocycles. The number of hydrogen-bond acceptors (Lipinski definition) is 6. The fourth-order valence-electron chi connectivity index (χ4n) is 3.30. The van der Waals surface area contributed by atoms with Crippen molar-refractivity contribution in [3.63, 3.8) is 0 Å². The Morgan fingerprint density at radius 2 is 1.86 bits per heavy atom. The third kappa shape index (κ3) is 2.63. The summed E-state index contributed by atoms with van der Waals surface area (Å²) in [6, 6.07) is 12.7. The van der Waals surface area contributed by atoms with Crippen LogP contribution in [0.15, 0.2) is 48.8 Å². The van der Waals surface area contributed by atoms with E-state index in [2.05, 4.69) is 43.2 Å². The van der Waals surface area contributed by atoms with Gasteiger partial charge in [0, 0.05) is 43.1 Å². The first-order valence-electron chi connectivity index (χ1n) is 7.75. The Bertz CT molecular complexity index is 605. The highest BCUT2D eigenvalue weighted by Crippen LogP contribution is 2.26. The van der Waals surface area contributed by atoms with Gasteiger partial charge in [-0.25, -0.2) is 15.4 Å². The summed E-state index contributed by atoms with van der Waals surface area (Å²) in [7, 11) is 0. The standard InChI is InChI=1S/C16H20N6/c1-2-5-12(6-3-1)19-15-13-11-22(10-7-14(13)20-21-15)16-17-8-4-9-18-16/h1-6,8-9,13-15,19-21H,7,10-11H2. The predicted octanol–water partition coefficient (Wildman–Crippen LogP) is 1.22. The number of benzene rings is 1. The lowest BCUT2D eigenvalue weighted by Crippen LogP contribution is -2.48. The number of para-hydroxylation sites is 1.